The summed E-state index contributed by atoms with van der Waals surface area (Å²) in [6, 6.07) is 6.94. The number of hydrogen-bond donors (Lipinski definition) is 2. The van der Waals surface area contributed by atoms with Crippen LogP contribution in [0.4, 0.5) is 10.5 Å². The molecule has 0 aliphatic carbocycles. The smallest absolute Gasteiger partial charge is 0.326 e. The summed E-state index contributed by atoms with van der Waals surface area (Å²) in [6.07, 6.45) is 10.6. The Morgan fingerprint density at radius 1 is 1.15 bits per heavy atom. The predicted octanol–water partition coefficient (Wildman–Crippen LogP) is 3.36. The van der Waals surface area contributed by atoms with Gasteiger partial charge in [-0.2, -0.15) is 0 Å². The summed E-state index contributed by atoms with van der Waals surface area (Å²) in [6.45, 7) is 1.84. The van der Waals surface area contributed by atoms with E-state index in [1.807, 2.05) is 36.4 Å². The second-order valence-electron chi connectivity index (χ2n) is 7.24. The number of carbonyl (C=O) groups excluding carboxylic acids is 2. The van der Waals surface area contributed by atoms with Crippen molar-refractivity contribution in [2.75, 3.05) is 25.5 Å². The highest BCUT2D eigenvalue weighted by Crippen LogP contribution is 2.25. The van der Waals surface area contributed by atoms with Crippen molar-refractivity contribution in [3.8, 4) is 0 Å². The molecule has 6 heteroatoms. The lowest BCUT2D eigenvalue weighted by Gasteiger charge is -2.33. The molecule has 27 heavy (non-hydrogen) atoms. The first-order valence-electron chi connectivity index (χ1n) is 9.36. The summed E-state index contributed by atoms with van der Waals surface area (Å²) in [7, 11) is 2.07. The van der Waals surface area contributed by atoms with Crippen molar-refractivity contribution in [1.82, 2.24) is 14.8 Å². The van der Waals surface area contributed by atoms with E-state index in [0.29, 0.717) is 5.69 Å². The molecule has 1 aromatic carbocycles. The van der Waals surface area contributed by atoms with Crippen LogP contribution in [0, 0.1) is 5.92 Å². The highest BCUT2D eigenvalue weighted by Gasteiger charge is 2.34. The number of urea groups is 1. The molecule has 2 aromatic rings. The molecule has 2 aliphatic rings. The minimum atomic E-state index is -0.548. The standard InChI is InChI=1S/C21H24N4O2/c1-24-12-9-15(10-13-24)20(26)19-8-4-5-11-25(19)21(27)23-18-14-22-17-7-3-2-6-16(17)18/h2-8,11,14-15,19,22H,9-10,12-13H2,1H3,(H,23,27). The van der Waals surface area contributed by atoms with Crippen LogP contribution in [-0.4, -0.2) is 52.8 Å². The number of benzene rings is 1. The molecular formula is C21H24N4O2. The van der Waals surface area contributed by atoms with E-state index in [0.717, 1.165) is 36.8 Å². The van der Waals surface area contributed by atoms with Gasteiger partial charge in [0.1, 0.15) is 6.04 Å². The van der Waals surface area contributed by atoms with Crippen LogP contribution in [0.25, 0.3) is 10.9 Å². The van der Waals surface area contributed by atoms with Crippen molar-refractivity contribution in [2.45, 2.75) is 18.9 Å². The van der Waals surface area contributed by atoms with Gasteiger partial charge in [-0.15, -0.1) is 0 Å². The van der Waals surface area contributed by atoms with Gasteiger partial charge in [0.05, 0.1) is 5.69 Å². The van der Waals surface area contributed by atoms with E-state index < -0.39 is 6.04 Å². The highest BCUT2D eigenvalue weighted by molar-refractivity contribution is 6.03. The number of nitrogens with one attached hydrogen (secondary N) is 2. The van der Waals surface area contributed by atoms with Crippen LogP contribution in [0.15, 0.2) is 54.9 Å². The first kappa shape index (κ1) is 17.5. The van der Waals surface area contributed by atoms with Gasteiger partial charge < -0.3 is 15.2 Å². The van der Waals surface area contributed by atoms with Crippen molar-refractivity contribution >= 4 is 28.4 Å². The van der Waals surface area contributed by atoms with E-state index in [1.54, 1.807) is 18.5 Å². The predicted molar refractivity (Wildman–Crippen MR) is 106 cm³/mol. The van der Waals surface area contributed by atoms with Gasteiger partial charge in [-0.25, -0.2) is 4.79 Å². The third-order valence-corrected chi connectivity index (χ3v) is 5.43. The number of hydrogen-bond acceptors (Lipinski definition) is 3. The molecule has 140 valence electrons. The van der Waals surface area contributed by atoms with Gasteiger partial charge in [-0.3, -0.25) is 9.69 Å². The van der Waals surface area contributed by atoms with E-state index in [9.17, 15) is 9.59 Å². The molecule has 2 aliphatic heterocycles. The summed E-state index contributed by atoms with van der Waals surface area (Å²) in [5.74, 6) is 0.128. The Morgan fingerprint density at radius 2 is 1.93 bits per heavy atom. The number of aromatic nitrogens is 1. The molecular weight excluding hydrogens is 340 g/mol. The van der Waals surface area contributed by atoms with Gasteiger partial charge in [0.25, 0.3) is 0 Å². The quantitative estimate of drug-likeness (QED) is 0.877. The van der Waals surface area contributed by atoms with E-state index in [4.69, 9.17) is 0 Å². The lowest BCUT2D eigenvalue weighted by Crippen LogP contribution is -2.47. The molecule has 2 amide bonds. The minimum Gasteiger partial charge on any atom is -0.359 e. The van der Waals surface area contributed by atoms with Crippen molar-refractivity contribution in [2.24, 2.45) is 5.92 Å². The van der Waals surface area contributed by atoms with Crippen molar-refractivity contribution < 1.29 is 9.59 Å². The minimum absolute atomic E-state index is 0.00531. The molecule has 1 atom stereocenters. The Morgan fingerprint density at radius 3 is 2.74 bits per heavy atom. The zero-order valence-corrected chi connectivity index (χ0v) is 15.4. The molecule has 2 N–H and O–H groups in total. The average molecular weight is 364 g/mol. The van der Waals surface area contributed by atoms with Gasteiger partial charge in [-0.1, -0.05) is 30.4 Å². The van der Waals surface area contributed by atoms with E-state index in [-0.39, 0.29) is 17.7 Å². The second-order valence-corrected chi connectivity index (χ2v) is 7.24. The number of para-hydroxylation sites is 1. The number of likely N-dealkylation sites (tertiary alicyclic amines) is 1. The SMILES string of the molecule is CN1CCC(C(=O)C2C=CC=CN2C(=O)Nc2c[nH]c3ccccc23)CC1. The third-order valence-electron chi connectivity index (χ3n) is 5.43. The molecule has 0 spiro atoms. The van der Waals surface area contributed by atoms with Crippen LogP contribution in [0.1, 0.15) is 12.8 Å². The second kappa shape index (κ2) is 7.40. The van der Waals surface area contributed by atoms with E-state index in [1.165, 1.54) is 4.90 Å². The fraction of sp³-hybridized carbons (Fsp3) is 0.333. The van der Waals surface area contributed by atoms with Crippen LogP contribution in [0.3, 0.4) is 0 Å². The largest absolute Gasteiger partial charge is 0.359 e. The number of H-pyrrole nitrogens is 1. The number of anilines is 1. The first-order chi connectivity index (χ1) is 13.1. The van der Waals surface area contributed by atoms with Gasteiger partial charge >= 0.3 is 6.03 Å². The molecule has 3 heterocycles. The Kier molecular flexibility index (Phi) is 4.81. The normalized spacial score (nSPS) is 20.9. The topological polar surface area (TPSA) is 68.4 Å². The summed E-state index contributed by atoms with van der Waals surface area (Å²) < 4.78 is 0. The maximum absolute atomic E-state index is 13.1. The molecule has 1 aromatic heterocycles. The molecule has 1 unspecified atom stereocenters. The molecule has 0 radical (unpaired) electrons. The number of piperidine rings is 1. The van der Waals surface area contributed by atoms with Crippen LogP contribution in [0.2, 0.25) is 0 Å². The summed E-state index contributed by atoms with van der Waals surface area (Å²) in [4.78, 5) is 32.9. The zero-order chi connectivity index (χ0) is 18.8. The maximum atomic E-state index is 13.1. The van der Waals surface area contributed by atoms with Crippen molar-refractivity contribution in [3.63, 3.8) is 0 Å². The molecule has 1 fully saturated rings. The molecule has 0 bridgehead atoms. The van der Waals surface area contributed by atoms with Crippen LogP contribution in [0.5, 0.6) is 0 Å². The third kappa shape index (κ3) is 3.53. The fourth-order valence-electron chi connectivity index (χ4n) is 3.81. The number of ketones is 1. The number of carbonyl (C=O) groups is 2. The first-order valence-corrected chi connectivity index (χ1v) is 9.36. The van der Waals surface area contributed by atoms with Gasteiger partial charge in [0, 0.05) is 29.2 Å². The van der Waals surface area contributed by atoms with Crippen LogP contribution >= 0.6 is 0 Å². The van der Waals surface area contributed by atoms with Crippen molar-refractivity contribution in [1.29, 1.82) is 0 Å². The zero-order valence-electron chi connectivity index (χ0n) is 15.4. The summed E-state index contributed by atoms with van der Waals surface area (Å²) >= 11 is 0. The number of nitrogens with zero attached hydrogens (tertiary/aromatic N) is 2. The van der Waals surface area contributed by atoms with Gasteiger partial charge in [-0.05, 0) is 45.1 Å². The van der Waals surface area contributed by atoms with Crippen LogP contribution in [-0.2, 0) is 4.79 Å². The Labute approximate surface area is 158 Å². The lowest BCUT2D eigenvalue weighted by molar-refractivity contribution is -0.126. The molecule has 0 saturated carbocycles. The highest BCUT2D eigenvalue weighted by atomic mass is 16.2. The number of allylic oxidation sites excluding steroid dienone is 2. The summed E-state index contributed by atoms with van der Waals surface area (Å²) in [5, 5.41) is 3.88. The Hall–Kier alpha value is -2.86. The summed E-state index contributed by atoms with van der Waals surface area (Å²) in [5.41, 5.74) is 1.67. The van der Waals surface area contributed by atoms with E-state index >= 15 is 0 Å². The number of aromatic amines is 1. The molecule has 1 saturated heterocycles. The van der Waals surface area contributed by atoms with E-state index in [2.05, 4.69) is 22.2 Å². The van der Waals surface area contributed by atoms with Crippen molar-refractivity contribution in [3.05, 3.63) is 54.9 Å². The molecule has 4 rings (SSSR count). The van der Waals surface area contributed by atoms with Gasteiger partial charge in [0.15, 0.2) is 5.78 Å². The Bertz CT molecular complexity index is 906. The van der Waals surface area contributed by atoms with Crippen LogP contribution < -0.4 is 5.32 Å². The average Bonchev–Trinajstić information content (AvgIpc) is 3.11. The number of Topliss-reactive ketones (excluding diaryl/α,β-unsaturated/α-hetero) is 1. The number of rotatable bonds is 3. The van der Waals surface area contributed by atoms with Gasteiger partial charge in [0.2, 0.25) is 0 Å². The number of fused-ring (bicyclic) bond motifs is 1. The Balaban J connectivity index is 1.50. The maximum Gasteiger partial charge on any atom is 0.326 e. The monoisotopic (exact) mass is 364 g/mol. The number of amides is 2. The molecule has 6 nitrogen and oxygen atoms in total. The fourth-order valence-corrected chi connectivity index (χ4v) is 3.81. The lowest BCUT2D eigenvalue weighted by atomic mass is 9.88.